The van der Waals surface area contributed by atoms with Crippen LogP contribution in [-0.4, -0.2) is 51.9 Å². The van der Waals surface area contributed by atoms with Gasteiger partial charge in [-0.15, -0.1) is 0 Å². The molecule has 0 spiro atoms. The Balaban J connectivity index is 2.13. The molecule has 2 rings (SSSR count). The fraction of sp³-hybridized carbons (Fsp3) is 0.667. The molecule has 1 aliphatic rings. The zero-order valence-corrected chi connectivity index (χ0v) is 14.6. The first-order chi connectivity index (χ1) is 9.56. The van der Waals surface area contributed by atoms with Gasteiger partial charge in [-0.2, -0.15) is 10.0 Å². The highest BCUT2D eigenvalue weighted by Crippen LogP contribution is 2.42. The maximum absolute atomic E-state index is 12.1. The first-order valence-electron chi connectivity index (χ1n) is 7.07. The van der Waals surface area contributed by atoms with Crippen LogP contribution in [0.2, 0.25) is 0 Å². The Morgan fingerprint density at radius 2 is 2.00 bits per heavy atom. The summed E-state index contributed by atoms with van der Waals surface area (Å²) in [5, 5.41) is 0.937. The SMILES string of the molecule is CC(C)(C)OC(=O)N1CCc2nc(S(C)(C)C)ncc2C1. The van der Waals surface area contributed by atoms with Gasteiger partial charge >= 0.3 is 6.09 Å². The van der Waals surface area contributed by atoms with E-state index in [2.05, 4.69) is 23.8 Å². The third kappa shape index (κ3) is 4.09. The second kappa shape index (κ2) is 5.48. The lowest BCUT2D eigenvalue weighted by atomic mass is 10.1. The molecule has 0 bridgehead atoms. The van der Waals surface area contributed by atoms with E-state index >= 15 is 0 Å². The number of nitrogens with zero attached hydrogens (tertiary/aromatic N) is 3. The summed E-state index contributed by atoms with van der Waals surface area (Å²) in [5.74, 6) is 0. The quantitative estimate of drug-likeness (QED) is 0.748. The van der Waals surface area contributed by atoms with Crippen molar-refractivity contribution in [1.29, 1.82) is 0 Å². The summed E-state index contributed by atoms with van der Waals surface area (Å²) in [6.07, 6.45) is 8.92. The van der Waals surface area contributed by atoms with Crippen LogP contribution < -0.4 is 0 Å². The van der Waals surface area contributed by atoms with Crippen LogP contribution in [0.5, 0.6) is 0 Å². The lowest BCUT2D eigenvalue weighted by Gasteiger charge is -2.31. The summed E-state index contributed by atoms with van der Waals surface area (Å²) in [6.45, 7) is 6.82. The van der Waals surface area contributed by atoms with E-state index in [1.54, 1.807) is 4.90 Å². The van der Waals surface area contributed by atoms with Crippen LogP contribution in [0.1, 0.15) is 32.0 Å². The number of hydrogen-bond acceptors (Lipinski definition) is 4. The normalized spacial score (nSPS) is 16.4. The van der Waals surface area contributed by atoms with Crippen molar-refractivity contribution in [2.24, 2.45) is 0 Å². The van der Waals surface area contributed by atoms with Crippen LogP contribution in [0.3, 0.4) is 0 Å². The van der Waals surface area contributed by atoms with Gasteiger partial charge < -0.3 is 9.64 Å². The third-order valence-corrected chi connectivity index (χ3v) is 4.40. The Morgan fingerprint density at radius 1 is 1.33 bits per heavy atom. The summed E-state index contributed by atoms with van der Waals surface area (Å²) in [7, 11) is -0.918. The molecule has 118 valence electrons. The number of aromatic nitrogens is 2. The van der Waals surface area contributed by atoms with Crippen LogP contribution in [0, 0.1) is 0 Å². The summed E-state index contributed by atoms with van der Waals surface area (Å²) < 4.78 is 5.42. The second-order valence-corrected chi connectivity index (χ2v) is 11.2. The monoisotopic (exact) mass is 311 g/mol. The van der Waals surface area contributed by atoms with E-state index in [9.17, 15) is 4.79 Å². The molecular formula is C15H25N3O2S. The van der Waals surface area contributed by atoms with Crippen LogP contribution in [-0.2, 0) is 17.7 Å². The van der Waals surface area contributed by atoms with Gasteiger partial charge in [0.15, 0.2) is 5.16 Å². The predicted molar refractivity (Wildman–Crippen MR) is 86.0 cm³/mol. The number of carbonyl (C=O) groups is 1. The number of carbonyl (C=O) groups excluding carboxylic acids is 1. The summed E-state index contributed by atoms with van der Waals surface area (Å²) >= 11 is 0. The molecule has 0 N–H and O–H groups in total. The van der Waals surface area contributed by atoms with Crippen LogP contribution >= 0.6 is 10.0 Å². The Kier molecular flexibility index (Phi) is 4.19. The number of hydrogen-bond donors (Lipinski definition) is 0. The maximum Gasteiger partial charge on any atom is 0.410 e. The third-order valence-electron chi connectivity index (χ3n) is 3.11. The Bertz CT molecular complexity index is 547. The van der Waals surface area contributed by atoms with Crippen molar-refractivity contribution in [2.45, 2.75) is 44.5 Å². The molecule has 0 aromatic carbocycles. The smallest absolute Gasteiger partial charge is 0.410 e. The maximum atomic E-state index is 12.1. The van der Waals surface area contributed by atoms with E-state index in [1.807, 2.05) is 27.0 Å². The molecule has 0 aliphatic carbocycles. The highest BCUT2D eigenvalue weighted by Gasteiger charge is 2.27. The summed E-state index contributed by atoms with van der Waals surface area (Å²) in [5.41, 5.74) is 1.63. The molecule has 5 nitrogen and oxygen atoms in total. The van der Waals surface area contributed by atoms with Crippen molar-refractivity contribution in [3.8, 4) is 0 Å². The van der Waals surface area contributed by atoms with E-state index < -0.39 is 15.6 Å². The molecular weight excluding hydrogens is 286 g/mol. The van der Waals surface area contributed by atoms with Gasteiger partial charge in [-0.05, 0) is 39.5 Å². The zero-order valence-electron chi connectivity index (χ0n) is 13.8. The molecule has 0 atom stereocenters. The van der Waals surface area contributed by atoms with Crippen molar-refractivity contribution >= 4 is 16.1 Å². The van der Waals surface area contributed by atoms with Gasteiger partial charge in [0.05, 0.1) is 12.2 Å². The van der Waals surface area contributed by atoms with Crippen molar-refractivity contribution < 1.29 is 9.53 Å². The van der Waals surface area contributed by atoms with E-state index in [1.165, 1.54) is 0 Å². The molecule has 1 amide bonds. The first kappa shape index (κ1) is 16.1. The van der Waals surface area contributed by atoms with Crippen LogP contribution in [0.25, 0.3) is 0 Å². The van der Waals surface area contributed by atoms with E-state index in [0.29, 0.717) is 13.1 Å². The Labute approximate surface area is 128 Å². The number of amides is 1. The fourth-order valence-corrected chi connectivity index (χ4v) is 2.83. The van der Waals surface area contributed by atoms with Gasteiger partial charge in [0.2, 0.25) is 0 Å². The average Bonchev–Trinajstić information content (AvgIpc) is 2.34. The van der Waals surface area contributed by atoms with Crippen LogP contribution in [0.4, 0.5) is 4.79 Å². The standard InChI is InChI=1S/C15H25N3O2S/c1-15(2,3)20-14(19)18-8-7-12-11(10-18)9-16-13(17-12)21(4,5)6/h9H,7-8,10H2,1-6H3. The largest absolute Gasteiger partial charge is 0.444 e. The first-order valence-corrected chi connectivity index (χ1v) is 9.93. The predicted octanol–water partition coefficient (Wildman–Crippen LogP) is 2.82. The van der Waals surface area contributed by atoms with Gasteiger partial charge in [-0.25, -0.2) is 14.8 Å². The molecule has 0 radical (unpaired) electrons. The number of ether oxygens (including phenoxy) is 1. The molecule has 0 fully saturated rings. The molecule has 1 aromatic rings. The van der Waals surface area contributed by atoms with Gasteiger partial charge in [0, 0.05) is 24.7 Å². The van der Waals surface area contributed by atoms with Gasteiger partial charge in [-0.3, -0.25) is 0 Å². The molecule has 0 saturated heterocycles. The molecule has 6 heteroatoms. The number of fused-ring (bicyclic) bond motifs is 1. The highest BCUT2D eigenvalue weighted by molar-refractivity contribution is 8.32. The van der Waals surface area contributed by atoms with Crippen LogP contribution in [0.15, 0.2) is 11.4 Å². The van der Waals surface area contributed by atoms with Crippen molar-refractivity contribution in [1.82, 2.24) is 14.9 Å². The average molecular weight is 311 g/mol. The van der Waals surface area contributed by atoms with E-state index in [4.69, 9.17) is 9.72 Å². The molecule has 1 aromatic heterocycles. The Morgan fingerprint density at radius 3 is 2.57 bits per heavy atom. The molecule has 0 saturated carbocycles. The fourth-order valence-electron chi connectivity index (χ4n) is 2.08. The lowest BCUT2D eigenvalue weighted by Crippen LogP contribution is -2.40. The second-order valence-electron chi connectivity index (χ2n) is 7.11. The van der Waals surface area contributed by atoms with Gasteiger partial charge in [-0.1, -0.05) is 0 Å². The van der Waals surface area contributed by atoms with Gasteiger partial charge in [0.1, 0.15) is 5.60 Å². The highest BCUT2D eigenvalue weighted by atomic mass is 32.3. The van der Waals surface area contributed by atoms with Crippen molar-refractivity contribution in [2.75, 3.05) is 25.3 Å². The van der Waals surface area contributed by atoms with Crippen molar-refractivity contribution in [3.05, 3.63) is 17.5 Å². The Hall–Kier alpha value is -1.30. The number of rotatable bonds is 1. The van der Waals surface area contributed by atoms with Crippen molar-refractivity contribution in [3.63, 3.8) is 0 Å². The molecule has 1 aliphatic heterocycles. The summed E-state index contributed by atoms with van der Waals surface area (Å²) in [4.78, 5) is 23.0. The molecule has 21 heavy (non-hydrogen) atoms. The van der Waals surface area contributed by atoms with E-state index in [0.717, 1.165) is 22.8 Å². The molecule has 0 unspecified atom stereocenters. The zero-order chi connectivity index (χ0) is 15.8. The lowest BCUT2D eigenvalue weighted by molar-refractivity contribution is 0.0222. The van der Waals surface area contributed by atoms with E-state index in [-0.39, 0.29) is 6.09 Å². The topological polar surface area (TPSA) is 55.3 Å². The summed E-state index contributed by atoms with van der Waals surface area (Å²) in [6, 6.07) is 0. The minimum Gasteiger partial charge on any atom is -0.444 e. The minimum atomic E-state index is -0.918. The van der Waals surface area contributed by atoms with Gasteiger partial charge in [0.25, 0.3) is 0 Å². The minimum absolute atomic E-state index is 0.265. The molecule has 2 heterocycles.